The van der Waals surface area contributed by atoms with Crippen LogP contribution < -0.4 is 9.62 Å². The van der Waals surface area contributed by atoms with Gasteiger partial charge in [0.05, 0.1) is 22.0 Å². The Bertz CT molecular complexity index is 1140. The summed E-state index contributed by atoms with van der Waals surface area (Å²) >= 11 is 11.9. The Morgan fingerprint density at radius 2 is 1.59 bits per heavy atom. The second kappa shape index (κ2) is 8.86. The van der Waals surface area contributed by atoms with Gasteiger partial charge in [-0.05, 0) is 29.8 Å². The van der Waals surface area contributed by atoms with Gasteiger partial charge in [0.15, 0.2) is 0 Å². The molecule has 0 bridgehead atoms. The summed E-state index contributed by atoms with van der Waals surface area (Å²) in [6.45, 7) is -0.403. The summed E-state index contributed by atoms with van der Waals surface area (Å²) in [5, 5.41) is 3.30. The van der Waals surface area contributed by atoms with Gasteiger partial charge in [0.1, 0.15) is 6.54 Å². The van der Waals surface area contributed by atoms with E-state index in [0.717, 1.165) is 21.7 Å². The second-order valence-electron chi connectivity index (χ2n) is 6.33. The molecular weight excluding hydrogens is 431 g/mol. The number of hydrogen-bond donors (Lipinski definition) is 1. The lowest BCUT2D eigenvalue weighted by Crippen LogP contribution is -2.37. The van der Waals surface area contributed by atoms with Crippen LogP contribution in [0.2, 0.25) is 10.0 Å². The Morgan fingerprint density at radius 3 is 2.24 bits per heavy atom. The molecule has 3 aromatic carbocycles. The lowest BCUT2D eigenvalue weighted by Gasteiger charge is -2.22. The minimum Gasteiger partial charge on any atom is -0.324 e. The molecule has 0 spiro atoms. The zero-order chi connectivity index (χ0) is 21.0. The summed E-state index contributed by atoms with van der Waals surface area (Å²) in [5.41, 5.74) is 2.62. The van der Waals surface area contributed by atoms with E-state index in [9.17, 15) is 13.2 Å². The van der Waals surface area contributed by atoms with Crippen LogP contribution in [0.25, 0.3) is 11.1 Å². The third-order valence-corrected chi connectivity index (χ3v) is 6.04. The highest BCUT2D eigenvalue weighted by Gasteiger charge is 2.22. The average Bonchev–Trinajstić information content (AvgIpc) is 2.69. The van der Waals surface area contributed by atoms with Gasteiger partial charge < -0.3 is 5.32 Å². The molecule has 0 aliphatic carbocycles. The standard InChI is InChI=1S/C21H18Cl2N2O3S/c1-29(27,28)25(16-11-12-18(22)19(23)13-16)14-21(26)24-20-10-6-5-9-17(20)15-7-3-2-4-8-15/h2-13H,14H2,1H3,(H,24,26). The number of amides is 1. The monoisotopic (exact) mass is 448 g/mol. The number of sulfonamides is 1. The molecule has 0 heterocycles. The minimum absolute atomic E-state index is 0.202. The molecule has 0 aliphatic rings. The second-order valence-corrected chi connectivity index (χ2v) is 9.05. The van der Waals surface area contributed by atoms with Crippen molar-refractivity contribution in [3.63, 3.8) is 0 Å². The van der Waals surface area contributed by atoms with Crippen molar-refractivity contribution < 1.29 is 13.2 Å². The molecule has 0 aromatic heterocycles. The normalized spacial score (nSPS) is 11.1. The highest BCUT2D eigenvalue weighted by Crippen LogP contribution is 2.29. The molecule has 0 atom stereocenters. The molecule has 1 amide bonds. The first-order valence-electron chi connectivity index (χ1n) is 8.63. The summed E-state index contributed by atoms with van der Waals surface area (Å²) < 4.78 is 25.5. The van der Waals surface area contributed by atoms with E-state index in [1.165, 1.54) is 18.2 Å². The number of carbonyl (C=O) groups is 1. The van der Waals surface area contributed by atoms with Gasteiger partial charge in [0.25, 0.3) is 0 Å². The van der Waals surface area contributed by atoms with Crippen LogP contribution in [0.1, 0.15) is 0 Å². The predicted octanol–water partition coefficient (Wildman–Crippen LogP) is 5.07. The highest BCUT2D eigenvalue weighted by molar-refractivity contribution is 7.92. The maximum Gasteiger partial charge on any atom is 0.245 e. The number of rotatable bonds is 6. The van der Waals surface area contributed by atoms with Gasteiger partial charge in [-0.2, -0.15) is 0 Å². The van der Waals surface area contributed by atoms with Crippen LogP contribution in [0.4, 0.5) is 11.4 Å². The number of carbonyl (C=O) groups excluding carboxylic acids is 1. The first kappa shape index (κ1) is 21.2. The molecule has 1 N–H and O–H groups in total. The van der Waals surface area contributed by atoms with Gasteiger partial charge in [-0.1, -0.05) is 71.7 Å². The Balaban J connectivity index is 1.86. The van der Waals surface area contributed by atoms with Crippen molar-refractivity contribution in [2.45, 2.75) is 0 Å². The Kier molecular flexibility index (Phi) is 6.47. The molecule has 5 nitrogen and oxygen atoms in total. The van der Waals surface area contributed by atoms with E-state index in [0.29, 0.717) is 10.7 Å². The molecule has 3 rings (SSSR count). The number of para-hydroxylation sites is 1. The predicted molar refractivity (Wildman–Crippen MR) is 119 cm³/mol. The van der Waals surface area contributed by atoms with Crippen molar-refractivity contribution in [2.24, 2.45) is 0 Å². The number of halogens is 2. The molecule has 3 aromatic rings. The van der Waals surface area contributed by atoms with Crippen LogP contribution >= 0.6 is 23.2 Å². The van der Waals surface area contributed by atoms with Crippen molar-refractivity contribution in [1.82, 2.24) is 0 Å². The fraction of sp³-hybridized carbons (Fsp3) is 0.0952. The van der Waals surface area contributed by atoms with Crippen LogP contribution in [0, 0.1) is 0 Å². The number of hydrogen-bond acceptors (Lipinski definition) is 3. The van der Waals surface area contributed by atoms with Crippen molar-refractivity contribution >= 4 is 50.5 Å². The molecule has 0 radical (unpaired) electrons. The van der Waals surface area contributed by atoms with Crippen molar-refractivity contribution in [3.8, 4) is 11.1 Å². The van der Waals surface area contributed by atoms with Crippen molar-refractivity contribution in [2.75, 3.05) is 22.4 Å². The van der Waals surface area contributed by atoms with Crippen LogP contribution in [-0.4, -0.2) is 27.1 Å². The molecule has 0 unspecified atom stereocenters. The fourth-order valence-corrected chi connectivity index (χ4v) is 3.96. The van der Waals surface area contributed by atoms with Crippen LogP contribution in [0.5, 0.6) is 0 Å². The molecule has 0 saturated heterocycles. The van der Waals surface area contributed by atoms with Gasteiger partial charge in [0.2, 0.25) is 15.9 Å². The summed E-state index contributed by atoms with van der Waals surface area (Å²) in [5.74, 6) is -0.482. The zero-order valence-electron chi connectivity index (χ0n) is 15.5. The third-order valence-electron chi connectivity index (χ3n) is 4.16. The van der Waals surface area contributed by atoms with Crippen molar-refractivity contribution in [1.29, 1.82) is 0 Å². The minimum atomic E-state index is -3.73. The third kappa shape index (κ3) is 5.29. The van der Waals surface area contributed by atoms with E-state index in [1.807, 2.05) is 42.5 Å². The average molecular weight is 449 g/mol. The molecule has 150 valence electrons. The summed E-state index contributed by atoms with van der Waals surface area (Å²) in [6, 6.07) is 21.3. The molecule has 0 fully saturated rings. The number of anilines is 2. The number of nitrogens with zero attached hydrogens (tertiary/aromatic N) is 1. The fourth-order valence-electron chi connectivity index (χ4n) is 2.82. The van der Waals surface area contributed by atoms with Gasteiger partial charge in [0, 0.05) is 11.3 Å². The topological polar surface area (TPSA) is 66.5 Å². The first-order valence-corrected chi connectivity index (χ1v) is 11.2. The Hall–Kier alpha value is -2.54. The summed E-state index contributed by atoms with van der Waals surface area (Å²) in [7, 11) is -3.73. The quantitative estimate of drug-likeness (QED) is 0.572. The first-order chi connectivity index (χ1) is 13.8. The van der Waals surface area contributed by atoms with E-state index in [4.69, 9.17) is 23.2 Å². The van der Waals surface area contributed by atoms with Gasteiger partial charge in [-0.25, -0.2) is 8.42 Å². The van der Waals surface area contributed by atoms with Crippen molar-refractivity contribution in [3.05, 3.63) is 82.8 Å². The van der Waals surface area contributed by atoms with Crippen LogP contribution in [-0.2, 0) is 14.8 Å². The maximum atomic E-state index is 12.7. The van der Waals surface area contributed by atoms with E-state index in [2.05, 4.69) is 5.32 Å². The van der Waals surface area contributed by atoms with Crippen LogP contribution in [0.15, 0.2) is 72.8 Å². The molecule has 0 saturated carbocycles. The van der Waals surface area contributed by atoms with E-state index in [1.54, 1.807) is 12.1 Å². The maximum absolute atomic E-state index is 12.7. The van der Waals surface area contributed by atoms with Gasteiger partial charge >= 0.3 is 0 Å². The summed E-state index contributed by atoms with van der Waals surface area (Å²) in [6.07, 6.45) is 1.03. The van der Waals surface area contributed by atoms with Gasteiger partial charge in [-0.3, -0.25) is 9.10 Å². The molecule has 29 heavy (non-hydrogen) atoms. The van der Waals surface area contributed by atoms with E-state index < -0.39 is 22.5 Å². The van der Waals surface area contributed by atoms with Gasteiger partial charge in [-0.15, -0.1) is 0 Å². The number of nitrogens with one attached hydrogen (secondary N) is 1. The Labute approximate surface area is 179 Å². The molecular formula is C21H18Cl2N2O3S. The lowest BCUT2D eigenvalue weighted by atomic mass is 10.0. The summed E-state index contributed by atoms with van der Waals surface area (Å²) in [4.78, 5) is 12.7. The largest absolute Gasteiger partial charge is 0.324 e. The SMILES string of the molecule is CS(=O)(=O)N(CC(=O)Nc1ccccc1-c1ccccc1)c1ccc(Cl)c(Cl)c1. The molecule has 0 aliphatic heterocycles. The van der Waals surface area contributed by atoms with E-state index in [-0.39, 0.29) is 10.7 Å². The van der Waals surface area contributed by atoms with E-state index >= 15 is 0 Å². The molecule has 8 heteroatoms. The number of benzene rings is 3. The Morgan fingerprint density at radius 1 is 0.931 bits per heavy atom. The highest BCUT2D eigenvalue weighted by atomic mass is 35.5. The zero-order valence-corrected chi connectivity index (χ0v) is 17.8. The lowest BCUT2D eigenvalue weighted by molar-refractivity contribution is -0.114. The van der Waals surface area contributed by atoms with Crippen LogP contribution in [0.3, 0.4) is 0 Å². The smallest absolute Gasteiger partial charge is 0.245 e.